The summed E-state index contributed by atoms with van der Waals surface area (Å²) in [6, 6.07) is 13.4. The summed E-state index contributed by atoms with van der Waals surface area (Å²) in [5.74, 6) is 2.20. The summed E-state index contributed by atoms with van der Waals surface area (Å²) in [4.78, 5) is 38.7. The van der Waals surface area contributed by atoms with Gasteiger partial charge in [-0.05, 0) is 49.6 Å². The first kappa shape index (κ1) is 22.1. The Hall–Kier alpha value is -3.68. The van der Waals surface area contributed by atoms with E-state index in [4.69, 9.17) is 4.74 Å². The summed E-state index contributed by atoms with van der Waals surface area (Å²) in [6.07, 6.45) is 4.65. The molecule has 2 aliphatic rings. The second-order valence-electron chi connectivity index (χ2n) is 8.82. The van der Waals surface area contributed by atoms with Gasteiger partial charge < -0.3 is 14.5 Å². The van der Waals surface area contributed by atoms with Crippen molar-refractivity contribution in [2.75, 3.05) is 31.1 Å². The molecule has 5 rings (SSSR count). The molecule has 0 saturated carbocycles. The van der Waals surface area contributed by atoms with Crippen molar-refractivity contribution in [2.24, 2.45) is 0 Å². The standard InChI is InChI=1S/C26H29N5O3/c1-19-24(28-23-7-3-5-13-31(23)25(19)32)34-18-20-8-10-21(11-9-20)26(33)30-16-14-29(15-17-30)22-6-2-4-12-27-22/h2,4,6,8-12H,3,5,7,13-18H2,1H3. The number of fused-ring (bicyclic) bond motifs is 1. The van der Waals surface area contributed by atoms with Gasteiger partial charge >= 0.3 is 0 Å². The highest BCUT2D eigenvalue weighted by Crippen LogP contribution is 2.19. The highest BCUT2D eigenvalue weighted by atomic mass is 16.5. The number of anilines is 1. The molecule has 0 spiro atoms. The predicted molar refractivity (Wildman–Crippen MR) is 129 cm³/mol. The van der Waals surface area contributed by atoms with Crippen LogP contribution >= 0.6 is 0 Å². The van der Waals surface area contributed by atoms with Crippen molar-refractivity contribution in [2.45, 2.75) is 39.3 Å². The second kappa shape index (κ2) is 9.67. The third kappa shape index (κ3) is 4.53. The van der Waals surface area contributed by atoms with Gasteiger partial charge in [0.1, 0.15) is 18.2 Å². The first-order chi connectivity index (χ1) is 16.6. The fraction of sp³-hybridized carbons (Fsp3) is 0.385. The fourth-order valence-electron chi connectivity index (χ4n) is 4.54. The molecular formula is C26H29N5O3. The van der Waals surface area contributed by atoms with E-state index in [1.54, 1.807) is 17.7 Å². The predicted octanol–water partition coefficient (Wildman–Crippen LogP) is 2.82. The molecule has 8 heteroatoms. The number of amides is 1. The highest BCUT2D eigenvalue weighted by Gasteiger charge is 2.23. The topological polar surface area (TPSA) is 80.6 Å². The zero-order valence-electron chi connectivity index (χ0n) is 19.4. The third-order valence-corrected chi connectivity index (χ3v) is 6.58. The zero-order chi connectivity index (χ0) is 23.5. The Kier molecular flexibility index (Phi) is 6.29. The summed E-state index contributed by atoms with van der Waals surface area (Å²) < 4.78 is 7.68. The number of aromatic nitrogens is 3. The lowest BCUT2D eigenvalue weighted by molar-refractivity contribution is 0.0746. The molecule has 1 fully saturated rings. The number of piperazine rings is 1. The number of benzene rings is 1. The van der Waals surface area contributed by atoms with Crippen LogP contribution in [0.1, 0.15) is 40.2 Å². The summed E-state index contributed by atoms with van der Waals surface area (Å²) in [5.41, 5.74) is 2.12. The van der Waals surface area contributed by atoms with Gasteiger partial charge in [-0.2, -0.15) is 4.98 Å². The van der Waals surface area contributed by atoms with E-state index in [-0.39, 0.29) is 11.5 Å². The van der Waals surface area contributed by atoms with E-state index in [1.165, 1.54) is 0 Å². The first-order valence-corrected chi connectivity index (χ1v) is 11.9. The molecule has 2 aromatic heterocycles. The van der Waals surface area contributed by atoms with Crippen molar-refractivity contribution in [1.29, 1.82) is 0 Å². The minimum atomic E-state index is -0.0104. The van der Waals surface area contributed by atoms with E-state index in [9.17, 15) is 9.59 Å². The van der Waals surface area contributed by atoms with Gasteiger partial charge in [-0.1, -0.05) is 18.2 Å². The number of pyridine rings is 1. The van der Waals surface area contributed by atoms with E-state index in [2.05, 4.69) is 14.9 Å². The average molecular weight is 460 g/mol. The zero-order valence-corrected chi connectivity index (χ0v) is 19.4. The van der Waals surface area contributed by atoms with E-state index in [0.29, 0.717) is 36.7 Å². The monoisotopic (exact) mass is 459 g/mol. The molecule has 0 radical (unpaired) electrons. The summed E-state index contributed by atoms with van der Waals surface area (Å²) in [7, 11) is 0. The number of ether oxygens (including phenoxy) is 1. The van der Waals surface area contributed by atoms with Gasteiger partial charge in [-0.25, -0.2) is 4.98 Å². The lowest BCUT2D eigenvalue weighted by Crippen LogP contribution is -2.49. The van der Waals surface area contributed by atoms with E-state index >= 15 is 0 Å². The molecule has 2 aliphatic heterocycles. The summed E-state index contributed by atoms with van der Waals surface area (Å²) >= 11 is 0. The smallest absolute Gasteiger partial charge is 0.260 e. The van der Waals surface area contributed by atoms with Crippen molar-refractivity contribution < 1.29 is 9.53 Å². The maximum absolute atomic E-state index is 13.0. The second-order valence-corrected chi connectivity index (χ2v) is 8.82. The van der Waals surface area contributed by atoms with Crippen LogP contribution in [0.25, 0.3) is 0 Å². The molecular weight excluding hydrogens is 430 g/mol. The molecule has 0 aliphatic carbocycles. The number of hydrogen-bond acceptors (Lipinski definition) is 6. The Bertz CT molecular complexity index is 1220. The van der Waals surface area contributed by atoms with Crippen LogP contribution in [0, 0.1) is 6.92 Å². The Morgan fingerprint density at radius 3 is 2.53 bits per heavy atom. The number of aryl methyl sites for hydroxylation is 1. The highest BCUT2D eigenvalue weighted by molar-refractivity contribution is 5.94. The molecule has 3 aromatic rings. The van der Waals surface area contributed by atoms with E-state index < -0.39 is 0 Å². The molecule has 34 heavy (non-hydrogen) atoms. The van der Waals surface area contributed by atoms with Gasteiger partial charge in [0.15, 0.2) is 0 Å². The van der Waals surface area contributed by atoms with Crippen molar-refractivity contribution in [3.05, 3.63) is 81.5 Å². The molecule has 1 aromatic carbocycles. The van der Waals surface area contributed by atoms with E-state index in [0.717, 1.165) is 56.1 Å². The van der Waals surface area contributed by atoms with Crippen LogP contribution in [0.4, 0.5) is 5.82 Å². The van der Waals surface area contributed by atoms with Crippen molar-refractivity contribution in [1.82, 2.24) is 19.4 Å². The van der Waals surface area contributed by atoms with Crippen LogP contribution in [0.3, 0.4) is 0 Å². The molecule has 0 bridgehead atoms. The van der Waals surface area contributed by atoms with Gasteiger partial charge in [0, 0.05) is 50.9 Å². The average Bonchev–Trinajstić information content (AvgIpc) is 2.90. The molecule has 0 atom stereocenters. The number of carbonyl (C=O) groups excluding carboxylic acids is 1. The lowest BCUT2D eigenvalue weighted by Gasteiger charge is -2.35. The van der Waals surface area contributed by atoms with Crippen molar-refractivity contribution in [3.63, 3.8) is 0 Å². The van der Waals surface area contributed by atoms with Crippen LogP contribution in [0.15, 0.2) is 53.5 Å². The first-order valence-electron chi connectivity index (χ1n) is 11.9. The maximum Gasteiger partial charge on any atom is 0.260 e. The fourth-order valence-corrected chi connectivity index (χ4v) is 4.54. The molecule has 176 valence electrons. The van der Waals surface area contributed by atoms with Crippen molar-refractivity contribution in [3.8, 4) is 5.88 Å². The number of carbonyl (C=O) groups is 1. The summed E-state index contributed by atoms with van der Waals surface area (Å²) in [6.45, 7) is 5.66. The molecule has 8 nitrogen and oxygen atoms in total. The third-order valence-electron chi connectivity index (χ3n) is 6.58. The van der Waals surface area contributed by atoms with E-state index in [1.807, 2.05) is 47.4 Å². The molecule has 4 heterocycles. The summed E-state index contributed by atoms with van der Waals surface area (Å²) in [5, 5.41) is 0. The van der Waals surface area contributed by atoms with Crippen LogP contribution in [0.2, 0.25) is 0 Å². The van der Waals surface area contributed by atoms with Gasteiger partial charge in [-0.3, -0.25) is 14.2 Å². The molecule has 1 saturated heterocycles. The van der Waals surface area contributed by atoms with Crippen LogP contribution in [-0.4, -0.2) is 51.5 Å². The number of nitrogens with zero attached hydrogens (tertiary/aromatic N) is 5. The van der Waals surface area contributed by atoms with Crippen LogP contribution < -0.4 is 15.2 Å². The number of rotatable bonds is 5. The SMILES string of the molecule is Cc1c(OCc2ccc(C(=O)N3CCN(c4ccccn4)CC3)cc2)nc2n(c1=O)CCCC2. The number of hydrogen-bond donors (Lipinski definition) is 0. The van der Waals surface area contributed by atoms with Crippen LogP contribution in [-0.2, 0) is 19.6 Å². The Labute approximate surface area is 198 Å². The molecule has 1 amide bonds. The normalized spacial score (nSPS) is 15.7. The largest absolute Gasteiger partial charge is 0.472 e. The minimum Gasteiger partial charge on any atom is -0.472 e. The molecule has 0 N–H and O–H groups in total. The van der Waals surface area contributed by atoms with Crippen LogP contribution in [0.5, 0.6) is 5.88 Å². The Morgan fingerprint density at radius 1 is 1.00 bits per heavy atom. The quantitative estimate of drug-likeness (QED) is 0.584. The van der Waals surface area contributed by atoms with Crippen molar-refractivity contribution >= 4 is 11.7 Å². The minimum absolute atomic E-state index is 0.0104. The van der Waals surface area contributed by atoms with Gasteiger partial charge in [0.25, 0.3) is 11.5 Å². The Balaban J connectivity index is 1.19. The Morgan fingerprint density at radius 2 is 1.79 bits per heavy atom. The van der Waals surface area contributed by atoms with Gasteiger partial charge in [0.05, 0.1) is 5.56 Å². The van der Waals surface area contributed by atoms with Gasteiger partial charge in [0.2, 0.25) is 5.88 Å². The van der Waals surface area contributed by atoms with Gasteiger partial charge in [-0.15, -0.1) is 0 Å². The maximum atomic E-state index is 13.0. The molecule has 0 unspecified atom stereocenters. The lowest BCUT2D eigenvalue weighted by atomic mass is 10.1.